The van der Waals surface area contributed by atoms with Crippen LogP contribution in [0.15, 0.2) is 36.4 Å². The number of rotatable bonds is 3. The lowest BCUT2D eigenvalue weighted by Crippen LogP contribution is -2.48. The van der Waals surface area contributed by atoms with Crippen LogP contribution < -0.4 is 14.4 Å². The van der Waals surface area contributed by atoms with E-state index in [2.05, 4.69) is 22.9 Å². The number of fused-ring (bicyclic) bond motifs is 4. The number of carbonyl (C=O) groups is 1. The Balaban J connectivity index is 1.63. The Morgan fingerprint density at radius 3 is 2.41 bits per heavy atom. The molecule has 2 atom stereocenters. The summed E-state index contributed by atoms with van der Waals surface area (Å²) in [6.07, 6.45) is 4.76. The quantitative estimate of drug-likeness (QED) is 0.722. The van der Waals surface area contributed by atoms with Crippen molar-refractivity contribution in [1.29, 1.82) is 0 Å². The van der Waals surface area contributed by atoms with Crippen molar-refractivity contribution in [2.75, 3.05) is 26.2 Å². The summed E-state index contributed by atoms with van der Waals surface area (Å²) in [5, 5.41) is 0. The number of piperidine rings is 1. The maximum atomic E-state index is 12.3. The van der Waals surface area contributed by atoms with Gasteiger partial charge in [0.2, 0.25) is 0 Å². The van der Waals surface area contributed by atoms with Crippen molar-refractivity contribution < 1.29 is 19.0 Å². The summed E-state index contributed by atoms with van der Waals surface area (Å²) >= 11 is 0. The Morgan fingerprint density at radius 1 is 1.00 bits per heavy atom. The lowest BCUT2D eigenvalue weighted by Gasteiger charge is -2.45. The molecule has 152 valence electrons. The minimum absolute atomic E-state index is 0.372. The van der Waals surface area contributed by atoms with Crippen molar-refractivity contribution >= 4 is 17.3 Å². The molecule has 3 heterocycles. The van der Waals surface area contributed by atoms with Crippen LogP contribution in [0.5, 0.6) is 17.2 Å². The lowest BCUT2D eigenvalue weighted by molar-refractivity contribution is 0.0596. The zero-order valence-electron chi connectivity index (χ0n) is 17.1. The van der Waals surface area contributed by atoms with E-state index in [4.69, 9.17) is 14.2 Å². The Bertz CT molecular complexity index is 946. The Labute approximate surface area is 171 Å². The molecule has 0 radical (unpaired) electrons. The van der Waals surface area contributed by atoms with Gasteiger partial charge in [-0.3, -0.25) is 0 Å². The Morgan fingerprint density at radius 2 is 1.72 bits per heavy atom. The topological polar surface area (TPSA) is 51.2 Å². The van der Waals surface area contributed by atoms with Crippen molar-refractivity contribution in [1.82, 2.24) is 4.90 Å². The molecular formula is C23H26N2O4. The van der Waals surface area contributed by atoms with Crippen molar-refractivity contribution in [3.05, 3.63) is 42.0 Å². The van der Waals surface area contributed by atoms with E-state index in [1.54, 1.807) is 13.2 Å². The average Bonchev–Trinajstić information content (AvgIpc) is 2.95. The van der Waals surface area contributed by atoms with Crippen LogP contribution in [0.3, 0.4) is 0 Å². The molecule has 29 heavy (non-hydrogen) atoms. The molecule has 3 aliphatic rings. The van der Waals surface area contributed by atoms with Crippen LogP contribution in [0.2, 0.25) is 0 Å². The summed E-state index contributed by atoms with van der Waals surface area (Å²) < 4.78 is 16.7. The minimum atomic E-state index is -0.434. The predicted molar refractivity (Wildman–Crippen MR) is 111 cm³/mol. The molecule has 2 saturated heterocycles. The average molecular weight is 394 g/mol. The highest BCUT2D eigenvalue weighted by Gasteiger charge is 2.43. The fourth-order valence-corrected chi connectivity index (χ4v) is 5.24. The van der Waals surface area contributed by atoms with Crippen LogP contribution in [-0.4, -0.2) is 50.3 Å². The van der Waals surface area contributed by atoms with Crippen molar-refractivity contribution in [2.24, 2.45) is 0 Å². The van der Waals surface area contributed by atoms with Crippen LogP contribution in [0.4, 0.5) is 11.4 Å². The van der Waals surface area contributed by atoms with Crippen molar-refractivity contribution in [3.63, 3.8) is 0 Å². The Kier molecular flexibility index (Phi) is 4.39. The molecule has 0 spiro atoms. The first-order chi connectivity index (χ1) is 14.1. The lowest BCUT2D eigenvalue weighted by atomic mass is 9.94. The van der Waals surface area contributed by atoms with E-state index in [9.17, 15) is 4.79 Å². The van der Waals surface area contributed by atoms with Gasteiger partial charge in [0.1, 0.15) is 11.3 Å². The van der Waals surface area contributed by atoms with Gasteiger partial charge in [0.25, 0.3) is 0 Å². The van der Waals surface area contributed by atoms with E-state index < -0.39 is 5.97 Å². The maximum Gasteiger partial charge on any atom is 0.341 e. The highest BCUT2D eigenvalue weighted by atomic mass is 16.5. The van der Waals surface area contributed by atoms with Gasteiger partial charge in [-0.05, 0) is 44.9 Å². The molecule has 6 heteroatoms. The molecule has 2 fully saturated rings. The molecule has 0 saturated carbocycles. The van der Waals surface area contributed by atoms with Crippen LogP contribution in [0.1, 0.15) is 36.0 Å². The van der Waals surface area contributed by atoms with Gasteiger partial charge < -0.3 is 24.0 Å². The number of methoxy groups -OCH3 is 2. The summed E-state index contributed by atoms with van der Waals surface area (Å²) in [4.78, 5) is 17.2. The SMILES string of the molecule is COC(=O)c1cc2c(cc1OC)N(C1CC3CCC(C1)N3C)c1ccccc1O2. The van der Waals surface area contributed by atoms with Gasteiger partial charge in [0.05, 0.1) is 25.6 Å². The second kappa shape index (κ2) is 6.95. The third-order valence-electron chi connectivity index (χ3n) is 6.73. The number of nitrogens with zero attached hydrogens (tertiary/aromatic N) is 2. The fraction of sp³-hybridized carbons (Fsp3) is 0.435. The zero-order valence-corrected chi connectivity index (χ0v) is 17.1. The van der Waals surface area contributed by atoms with Crippen molar-refractivity contribution in [2.45, 2.75) is 43.8 Å². The van der Waals surface area contributed by atoms with Gasteiger partial charge in [0, 0.05) is 30.3 Å². The molecular weight excluding hydrogens is 368 g/mol. The summed E-state index contributed by atoms with van der Waals surface area (Å²) in [6.45, 7) is 0. The molecule has 3 aliphatic heterocycles. The molecule has 6 nitrogen and oxygen atoms in total. The summed E-state index contributed by atoms with van der Waals surface area (Å²) in [5.74, 6) is 1.54. The fourth-order valence-electron chi connectivity index (χ4n) is 5.24. The van der Waals surface area contributed by atoms with E-state index >= 15 is 0 Å². The maximum absolute atomic E-state index is 12.3. The van der Waals surface area contributed by atoms with E-state index in [0.717, 1.165) is 30.0 Å². The van der Waals surface area contributed by atoms with Gasteiger partial charge in [-0.1, -0.05) is 12.1 Å². The number of para-hydroxylation sites is 2. The van der Waals surface area contributed by atoms with Crippen LogP contribution in [0.25, 0.3) is 0 Å². The zero-order chi connectivity index (χ0) is 20.1. The molecule has 2 aromatic rings. The van der Waals surface area contributed by atoms with Crippen LogP contribution in [0, 0.1) is 0 Å². The summed E-state index contributed by atoms with van der Waals surface area (Å²) in [5.41, 5.74) is 2.39. The number of ether oxygens (including phenoxy) is 3. The van der Waals surface area contributed by atoms with Crippen LogP contribution in [-0.2, 0) is 4.74 Å². The highest BCUT2D eigenvalue weighted by molar-refractivity contribution is 5.95. The first-order valence-electron chi connectivity index (χ1n) is 10.2. The second-order valence-corrected chi connectivity index (χ2v) is 8.13. The number of benzene rings is 2. The van der Waals surface area contributed by atoms with E-state index in [0.29, 0.717) is 35.2 Å². The molecule has 5 rings (SSSR count). The summed E-state index contributed by atoms with van der Waals surface area (Å²) in [7, 11) is 5.20. The third-order valence-corrected chi connectivity index (χ3v) is 6.73. The Hall–Kier alpha value is -2.73. The number of hydrogen-bond donors (Lipinski definition) is 0. The number of anilines is 2. The number of hydrogen-bond acceptors (Lipinski definition) is 6. The molecule has 0 N–H and O–H groups in total. The van der Waals surface area contributed by atoms with E-state index in [1.165, 1.54) is 20.0 Å². The smallest absolute Gasteiger partial charge is 0.341 e. The van der Waals surface area contributed by atoms with Crippen LogP contribution >= 0.6 is 0 Å². The highest BCUT2D eigenvalue weighted by Crippen LogP contribution is 2.52. The standard InChI is InChI=1S/C23H26N2O4/c1-24-14-8-9-15(24)11-16(10-14)25-18-6-4-5-7-20(18)29-22-12-17(23(26)28-3)21(27-2)13-19(22)25/h4-7,12-16H,8-11H2,1-3H3. The molecule has 2 bridgehead atoms. The predicted octanol–water partition coefficient (Wildman–Crippen LogP) is 4.35. The molecule has 0 aliphatic carbocycles. The minimum Gasteiger partial charge on any atom is -0.496 e. The molecule has 0 aromatic heterocycles. The van der Waals surface area contributed by atoms with Gasteiger partial charge in [-0.2, -0.15) is 0 Å². The third kappa shape index (κ3) is 2.85. The van der Waals surface area contributed by atoms with Gasteiger partial charge in [0.15, 0.2) is 11.5 Å². The molecule has 2 unspecified atom stereocenters. The first-order valence-corrected chi connectivity index (χ1v) is 10.2. The normalized spacial score (nSPS) is 25.1. The van der Waals surface area contributed by atoms with Gasteiger partial charge in [-0.15, -0.1) is 0 Å². The number of carbonyl (C=O) groups excluding carboxylic acids is 1. The van der Waals surface area contributed by atoms with Gasteiger partial charge >= 0.3 is 5.97 Å². The number of esters is 1. The molecule has 0 amide bonds. The largest absolute Gasteiger partial charge is 0.496 e. The van der Waals surface area contributed by atoms with E-state index in [-0.39, 0.29) is 0 Å². The monoisotopic (exact) mass is 394 g/mol. The summed E-state index contributed by atoms with van der Waals surface area (Å²) in [6, 6.07) is 13.4. The van der Waals surface area contributed by atoms with Gasteiger partial charge in [-0.25, -0.2) is 4.79 Å². The van der Waals surface area contributed by atoms with Crippen molar-refractivity contribution in [3.8, 4) is 17.2 Å². The molecule has 2 aromatic carbocycles. The first kappa shape index (κ1) is 18.3. The van der Waals surface area contributed by atoms with E-state index in [1.807, 2.05) is 24.3 Å². The second-order valence-electron chi connectivity index (χ2n) is 8.13.